The first kappa shape index (κ1) is 29.6. The maximum atomic E-state index is 14.7. The topological polar surface area (TPSA) is 117 Å². The molecule has 8 heteroatoms. The minimum absolute atomic E-state index is 0.0121. The van der Waals surface area contributed by atoms with Crippen molar-refractivity contribution in [1.82, 2.24) is 0 Å². The lowest BCUT2D eigenvalue weighted by molar-refractivity contribution is 0.0975. The molecular formula is C38H31NO7. The molecule has 8 nitrogen and oxygen atoms in total. The van der Waals surface area contributed by atoms with Crippen LogP contribution in [0, 0.1) is 36.5 Å². The second kappa shape index (κ2) is 10.2. The molecule has 230 valence electrons. The number of aryl methyl sites for hydroxylation is 2. The molecule has 4 atom stereocenters. The third kappa shape index (κ3) is 3.69. The number of aliphatic hydroxyl groups is 1. The summed E-state index contributed by atoms with van der Waals surface area (Å²) in [4.78, 5) is 44.2. The molecule has 3 aromatic rings. The van der Waals surface area contributed by atoms with Gasteiger partial charge in [-0.25, -0.2) is 4.79 Å². The number of anilines is 1. The van der Waals surface area contributed by atoms with Crippen LogP contribution in [0.1, 0.15) is 69.3 Å². The van der Waals surface area contributed by atoms with Gasteiger partial charge in [-0.3, -0.25) is 14.5 Å². The molecule has 0 radical (unpaired) electrons. The van der Waals surface area contributed by atoms with Gasteiger partial charge in [0.1, 0.15) is 24.0 Å². The van der Waals surface area contributed by atoms with Gasteiger partial charge in [0.25, 0.3) is 0 Å². The highest BCUT2D eigenvalue weighted by molar-refractivity contribution is 6.33. The van der Waals surface area contributed by atoms with Gasteiger partial charge in [0, 0.05) is 16.7 Å². The van der Waals surface area contributed by atoms with Crippen molar-refractivity contribution >= 4 is 34.1 Å². The molecule has 1 saturated heterocycles. The number of phenolic OH excluding ortho intramolecular Hbond substituents is 1. The van der Waals surface area contributed by atoms with Crippen LogP contribution < -0.4 is 4.90 Å². The first-order chi connectivity index (χ1) is 22.0. The van der Waals surface area contributed by atoms with E-state index in [2.05, 4.69) is 30.3 Å². The third-order valence-electron chi connectivity index (χ3n) is 9.66. The highest BCUT2D eigenvalue weighted by Gasteiger charge is 2.83. The number of hydrogen-bond donors (Lipinski definition) is 2. The predicted molar refractivity (Wildman–Crippen MR) is 172 cm³/mol. The van der Waals surface area contributed by atoms with Gasteiger partial charge in [0.15, 0.2) is 23.3 Å². The second-order valence-corrected chi connectivity index (χ2v) is 12.3. The Morgan fingerprint density at radius 2 is 1.72 bits per heavy atom. The molecule has 46 heavy (non-hydrogen) atoms. The summed E-state index contributed by atoms with van der Waals surface area (Å²) < 4.78 is 12.1. The van der Waals surface area contributed by atoms with Gasteiger partial charge in [-0.1, -0.05) is 69.2 Å². The number of epoxide rings is 1. The average molecular weight is 614 g/mol. The Hall–Kier alpha value is -5.15. The van der Waals surface area contributed by atoms with Crippen molar-refractivity contribution < 1.29 is 34.1 Å². The Morgan fingerprint density at radius 1 is 1.07 bits per heavy atom. The number of ether oxygens (including phenoxy) is 2. The molecular weight excluding hydrogens is 582 g/mol. The highest BCUT2D eigenvalue weighted by atomic mass is 16.6. The van der Waals surface area contributed by atoms with E-state index in [4.69, 9.17) is 9.47 Å². The molecule has 2 aliphatic carbocycles. The third-order valence-corrected chi connectivity index (χ3v) is 9.66. The number of allylic oxidation sites excluding steroid dienone is 2. The molecule has 2 N–H and O–H groups in total. The van der Waals surface area contributed by atoms with E-state index in [1.807, 2.05) is 39.8 Å². The number of aliphatic hydroxyl groups excluding tert-OH is 1. The van der Waals surface area contributed by atoms with Gasteiger partial charge in [0.05, 0.1) is 16.8 Å². The normalized spacial score (nSPS) is 25.6. The number of phenols is 1. The van der Waals surface area contributed by atoms with Crippen LogP contribution in [0.5, 0.6) is 5.75 Å². The van der Waals surface area contributed by atoms with E-state index in [0.717, 1.165) is 28.3 Å². The fourth-order valence-corrected chi connectivity index (χ4v) is 7.55. The highest BCUT2D eigenvalue weighted by Crippen LogP contribution is 2.70. The Kier molecular flexibility index (Phi) is 6.54. The number of hydrogen-bond acceptors (Lipinski definition) is 7. The quantitative estimate of drug-likeness (QED) is 0.183. The van der Waals surface area contributed by atoms with Crippen LogP contribution in [0.2, 0.25) is 0 Å². The molecule has 4 aliphatic rings. The molecule has 1 amide bonds. The van der Waals surface area contributed by atoms with Gasteiger partial charge in [-0.05, 0) is 71.5 Å². The molecule has 0 spiro atoms. The van der Waals surface area contributed by atoms with Crippen molar-refractivity contribution in [3.8, 4) is 29.4 Å². The molecule has 7 rings (SSSR count). The maximum Gasteiger partial charge on any atom is 0.415 e. The van der Waals surface area contributed by atoms with Gasteiger partial charge >= 0.3 is 6.09 Å². The molecule has 0 unspecified atom stereocenters. The van der Waals surface area contributed by atoms with Crippen LogP contribution in [-0.4, -0.2) is 52.2 Å². The second-order valence-electron chi connectivity index (χ2n) is 12.3. The van der Waals surface area contributed by atoms with E-state index in [1.165, 1.54) is 29.2 Å². The van der Waals surface area contributed by atoms with Crippen LogP contribution in [0.25, 0.3) is 10.8 Å². The molecule has 0 saturated carbocycles. The summed E-state index contributed by atoms with van der Waals surface area (Å²) in [5.41, 5.74) is -0.718. The number of nitrogens with zero attached hydrogens (tertiary/aromatic N) is 1. The molecule has 1 fully saturated rings. The fourth-order valence-electron chi connectivity index (χ4n) is 7.55. The first-order valence-corrected chi connectivity index (χ1v) is 15.2. The molecule has 2 aliphatic heterocycles. The Bertz CT molecular complexity index is 2100. The predicted octanol–water partition coefficient (Wildman–Crippen LogP) is 5.26. The SMILES string of the molecule is C=CCOC(=O)N1c2c(cc(O)c3c2C(=O)c2cc4cc(C)c(CC)cc4cc2C3=O)[C@@]23O[C@@]2(C(C)C)[C@@H]1C#C/C=C\C#C[C@@H]3O. The standard InChI is InChI=1S/C38H31NO7/c1-6-14-45-36(44)39-29-12-10-8-9-11-13-30(41)38(37(29,46-38)20(3)4)27-19-28(40)31-32(33(27)39)35(43)26-17-23-15-21(5)22(7-2)16-24(23)18-25(26)34(31)42/h6,8-9,15-20,29-30,40-41H,1,7,14H2,2-5H3/b9-8-/t29-,30-,37-,38-/m0/s1. The Labute approximate surface area is 266 Å². The van der Waals surface area contributed by atoms with Crippen molar-refractivity contribution in [2.45, 2.75) is 57.5 Å². The van der Waals surface area contributed by atoms with E-state index in [-0.39, 0.29) is 46.0 Å². The maximum absolute atomic E-state index is 14.7. The number of rotatable bonds is 4. The largest absolute Gasteiger partial charge is 0.507 e. The minimum atomic E-state index is -1.59. The summed E-state index contributed by atoms with van der Waals surface area (Å²) in [6, 6.07) is 7.59. The number of aromatic hydroxyl groups is 1. The van der Waals surface area contributed by atoms with Crippen LogP contribution in [-0.2, 0) is 21.5 Å². The van der Waals surface area contributed by atoms with Crippen LogP contribution in [0.4, 0.5) is 10.5 Å². The van der Waals surface area contributed by atoms with Crippen LogP contribution in [0.15, 0.2) is 55.1 Å². The lowest BCUT2D eigenvalue weighted by atomic mass is 9.67. The average Bonchev–Trinajstić information content (AvgIpc) is 3.76. The number of ketones is 2. The lowest BCUT2D eigenvalue weighted by Crippen LogP contribution is -2.59. The van der Waals surface area contributed by atoms with Crippen molar-refractivity contribution in [3.63, 3.8) is 0 Å². The molecule has 2 heterocycles. The van der Waals surface area contributed by atoms with E-state index < -0.39 is 46.8 Å². The summed E-state index contributed by atoms with van der Waals surface area (Å²) in [6.07, 6.45) is 2.90. The number of fused-ring (bicyclic) bond motifs is 5. The molecule has 2 bridgehead atoms. The van der Waals surface area contributed by atoms with Crippen molar-refractivity contribution in [3.05, 3.63) is 94.1 Å². The van der Waals surface area contributed by atoms with E-state index in [9.17, 15) is 24.6 Å². The number of amides is 1. The zero-order valence-electron chi connectivity index (χ0n) is 25.9. The van der Waals surface area contributed by atoms with Gasteiger partial charge in [-0.15, -0.1) is 0 Å². The van der Waals surface area contributed by atoms with E-state index in [0.29, 0.717) is 0 Å². The number of benzene rings is 3. The van der Waals surface area contributed by atoms with Crippen LogP contribution in [0.3, 0.4) is 0 Å². The minimum Gasteiger partial charge on any atom is -0.507 e. The van der Waals surface area contributed by atoms with Crippen molar-refractivity contribution in [2.24, 2.45) is 5.92 Å². The van der Waals surface area contributed by atoms with Crippen molar-refractivity contribution in [2.75, 3.05) is 11.5 Å². The summed E-state index contributed by atoms with van der Waals surface area (Å²) in [6.45, 7) is 11.3. The first-order valence-electron chi connectivity index (χ1n) is 15.2. The Morgan fingerprint density at radius 3 is 2.37 bits per heavy atom. The van der Waals surface area contributed by atoms with Crippen LogP contribution >= 0.6 is 0 Å². The van der Waals surface area contributed by atoms with Gasteiger partial charge < -0.3 is 19.7 Å². The van der Waals surface area contributed by atoms with Gasteiger partial charge in [0.2, 0.25) is 0 Å². The summed E-state index contributed by atoms with van der Waals surface area (Å²) in [7, 11) is 0. The lowest BCUT2D eigenvalue weighted by Gasteiger charge is -2.43. The molecule has 3 aromatic carbocycles. The molecule has 0 aromatic heterocycles. The summed E-state index contributed by atoms with van der Waals surface area (Å²) in [5.74, 6) is 9.67. The van der Waals surface area contributed by atoms with E-state index in [1.54, 1.807) is 12.1 Å². The fraction of sp³-hybridized carbons (Fsp3) is 0.289. The van der Waals surface area contributed by atoms with Gasteiger partial charge in [-0.2, -0.15) is 0 Å². The van der Waals surface area contributed by atoms with E-state index >= 15 is 0 Å². The summed E-state index contributed by atoms with van der Waals surface area (Å²) >= 11 is 0. The zero-order valence-corrected chi connectivity index (χ0v) is 25.9. The van der Waals surface area contributed by atoms with Crippen molar-refractivity contribution in [1.29, 1.82) is 0 Å². The Balaban J connectivity index is 1.57. The number of carbonyl (C=O) groups is 3. The monoisotopic (exact) mass is 613 g/mol. The zero-order chi connectivity index (χ0) is 32.7. The number of carbonyl (C=O) groups excluding carboxylic acids is 3. The smallest absolute Gasteiger partial charge is 0.415 e. The summed E-state index contributed by atoms with van der Waals surface area (Å²) in [5, 5.41) is 24.8.